The average molecular weight is 195 g/mol. The van der Waals surface area contributed by atoms with Gasteiger partial charge >= 0.3 is 5.84 Å². The predicted octanol–water partition coefficient (Wildman–Crippen LogP) is 0.166. The van der Waals surface area contributed by atoms with Gasteiger partial charge in [0.1, 0.15) is 6.07 Å². The largest absolute Gasteiger partial charge is 0.392 e. The Hall–Kier alpha value is -1.63. The summed E-state index contributed by atoms with van der Waals surface area (Å²) in [7, 11) is 7.24. The van der Waals surface area contributed by atoms with Crippen LogP contribution in [0.25, 0.3) is 4.85 Å². The molecule has 0 aliphatic rings. The third kappa shape index (κ3) is 3.85. The van der Waals surface area contributed by atoms with Gasteiger partial charge in [-0.05, 0) is 28.2 Å². The second-order valence-corrected chi connectivity index (χ2v) is 3.00. The van der Waals surface area contributed by atoms with Gasteiger partial charge in [-0.1, -0.05) is 6.57 Å². The lowest BCUT2D eigenvalue weighted by Gasteiger charge is -2.24. The SMILES string of the molecule is [C-]#[N+]/C(C#N)=N/OC(N(C)C)N(C)C. The van der Waals surface area contributed by atoms with Gasteiger partial charge in [0, 0.05) is 0 Å². The molecule has 0 saturated carbocycles. The second kappa shape index (κ2) is 5.92. The van der Waals surface area contributed by atoms with Crippen LogP contribution in [0, 0.1) is 17.9 Å². The number of hydrogen-bond acceptors (Lipinski definition) is 5. The predicted molar refractivity (Wildman–Crippen MR) is 51.9 cm³/mol. The van der Waals surface area contributed by atoms with E-state index in [2.05, 4.69) is 10.0 Å². The molecule has 0 aliphatic carbocycles. The van der Waals surface area contributed by atoms with Gasteiger partial charge in [0.2, 0.25) is 0 Å². The fourth-order valence-corrected chi connectivity index (χ4v) is 0.813. The first kappa shape index (κ1) is 12.4. The lowest BCUT2D eigenvalue weighted by molar-refractivity contribution is -0.117. The highest BCUT2D eigenvalue weighted by Crippen LogP contribution is 2.00. The first-order chi connectivity index (χ1) is 6.52. The monoisotopic (exact) mass is 195 g/mol. The van der Waals surface area contributed by atoms with Crippen LogP contribution < -0.4 is 0 Å². The molecule has 0 fully saturated rings. The standard InChI is InChI=1S/C8H13N5O/c1-10-7(6-9)11-14-8(12(2)3)13(4)5/h8H,2-5H3/b11-7+. The van der Waals surface area contributed by atoms with E-state index in [9.17, 15) is 0 Å². The van der Waals surface area contributed by atoms with E-state index >= 15 is 0 Å². The van der Waals surface area contributed by atoms with Gasteiger partial charge in [0.25, 0.3) is 6.35 Å². The zero-order chi connectivity index (χ0) is 11.1. The average Bonchev–Trinajstić information content (AvgIpc) is 2.11. The summed E-state index contributed by atoms with van der Waals surface area (Å²) in [5.41, 5.74) is 0. The van der Waals surface area contributed by atoms with Crippen molar-refractivity contribution in [2.75, 3.05) is 28.2 Å². The fourth-order valence-electron chi connectivity index (χ4n) is 0.813. The minimum absolute atomic E-state index is 0.307. The van der Waals surface area contributed by atoms with Crippen LogP contribution in [0.4, 0.5) is 0 Å². The van der Waals surface area contributed by atoms with Crippen molar-refractivity contribution in [3.05, 3.63) is 11.4 Å². The minimum Gasteiger partial charge on any atom is -0.348 e. The molecular weight excluding hydrogens is 182 g/mol. The van der Waals surface area contributed by atoms with Crippen LogP contribution in [0.1, 0.15) is 0 Å². The molecule has 6 heteroatoms. The van der Waals surface area contributed by atoms with E-state index in [-0.39, 0.29) is 12.2 Å². The summed E-state index contributed by atoms with van der Waals surface area (Å²) in [4.78, 5) is 11.4. The third-order valence-electron chi connectivity index (χ3n) is 1.32. The molecule has 0 aliphatic heterocycles. The fraction of sp³-hybridized carbons (Fsp3) is 0.625. The summed E-state index contributed by atoms with van der Waals surface area (Å²) in [6, 6.07) is 1.62. The zero-order valence-electron chi connectivity index (χ0n) is 8.72. The van der Waals surface area contributed by atoms with Crippen LogP contribution in [-0.2, 0) is 4.84 Å². The summed E-state index contributed by atoms with van der Waals surface area (Å²) in [6.45, 7) is 6.58. The molecule has 0 aromatic heterocycles. The van der Waals surface area contributed by atoms with Crippen LogP contribution in [-0.4, -0.2) is 50.2 Å². The molecule has 6 nitrogen and oxygen atoms in total. The first-order valence-electron chi connectivity index (χ1n) is 3.87. The van der Waals surface area contributed by atoms with Gasteiger partial charge in [-0.15, -0.1) is 0 Å². The minimum atomic E-state index is -0.389. The highest BCUT2D eigenvalue weighted by molar-refractivity contribution is 6.03. The van der Waals surface area contributed by atoms with Gasteiger partial charge in [-0.25, -0.2) is 5.26 Å². The van der Waals surface area contributed by atoms with E-state index in [1.807, 2.05) is 28.2 Å². The maximum Gasteiger partial charge on any atom is 0.392 e. The zero-order valence-corrected chi connectivity index (χ0v) is 8.72. The van der Waals surface area contributed by atoms with Crippen molar-refractivity contribution in [1.29, 1.82) is 5.26 Å². The normalized spacial score (nSPS) is 11.6. The van der Waals surface area contributed by atoms with E-state index in [4.69, 9.17) is 16.7 Å². The lowest BCUT2D eigenvalue weighted by Crippen LogP contribution is -2.41. The van der Waals surface area contributed by atoms with E-state index in [1.54, 1.807) is 15.9 Å². The van der Waals surface area contributed by atoms with Crippen LogP contribution >= 0.6 is 0 Å². The summed E-state index contributed by atoms with van der Waals surface area (Å²) >= 11 is 0. The molecule has 0 saturated heterocycles. The molecule has 76 valence electrons. The molecule has 14 heavy (non-hydrogen) atoms. The van der Waals surface area contributed by atoms with Crippen LogP contribution in [0.5, 0.6) is 0 Å². The molecule has 0 bridgehead atoms. The Kier molecular flexibility index (Phi) is 5.23. The van der Waals surface area contributed by atoms with E-state index < -0.39 is 0 Å². The molecule has 0 atom stereocenters. The number of oxime groups is 1. The van der Waals surface area contributed by atoms with Gasteiger partial charge < -0.3 is 4.85 Å². The molecule has 0 heterocycles. The van der Waals surface area contributed by atoms with Crippen molar-refractivity contribution >= 4 is 5.84 Å². The molecule has 0 aromatic carbocycles. The van der Waals surface area contributed by atoms with Gasteiger partial charge in [0.05, 0.1) is 5.16 Å². The molecule has 0 rings (SSSR count). The number of rotatable bonds is 4. The van der Waals surface area contributed by atoms with Crippen molar-refractivity contribution < 1.29 is 4.84 Å². The van der Waals surface area contributed by atoms with Gasteiger partial charge in [-0.3, -0.25) is 14.6 Å². The summed E-state index contributed by atoms with van der Waals surface area (Å²) < 4.78 is 0. The molecule has 0 spiro atoms. The van der Waals surface area contributed by atoms with Crippen LogP contribution in [0.3, 0.4) is 0 Å². The Morgan fingerprint density at radius 3 is 2.21 bits per heavy atom. The molecule has 0 aromatic rings. The highest BCUT2D eigenvalue weighted by atomic mass is 16.7. The second-order valence-electron chi connectivity index (χ2n) is 3.00. The Morgan fingerprint density at radius 2 is 1.93 bits per heavy atom. The summed E-state index contributed by atoms with van der Waals surface area (Å²) in [5, 5.41) is 11.8. The van der Waals surface area contributed by atoms with Crippen molar-refractivity contribution in [3.63, 3.8) is 0 Å². The van der Waals surface area contributed by atoms with Crippen LogP contribution in [0.2, 0.25) is 0 Å². The Labute approximate surface area is 83.8 Å². The smallest absolute Gasteiger partial charge is 0.348 e. The quantitative estimate of drug-likeness (QED) is 0.211. The van der Waals surface area contributed by atoms with Crippen molar-refractivity contribution in [2.45, 2.75) is 6.35 Å². The first-order valence-corrected chi connectivity index (χ1v) is 3.87. The highest BCUT2D eigenvalue weighted by Gasteiger charge is 2.17. The van der Waals surface area contributed by atoms with Gasteiger partial charge in [-0.2, -0.15) is 0 Å². The summed E-state index contributed by atoms with van der Waals surface area (Å²) in [5.74, 6) is -0.307. The maximum atomic E-state index is 8.41. The Morgan fingerprint density at radius 1 is 1.43 bits per heavy atom. The summed E-state index contributed by atoms with van der Waals surface area (Å²) in [6.07, 6.45) is -0.389. The molecule has 0 amide bonds. The van der Waals surface area contributed by atoms with Crippen molar-refractivity contribution in [1.82, 2.24) is 9.80 Å². The Balaban J connectivity index is 4.43. The topological polar surface area (TPSA) is 56.2 Å². The molecular formula is C8H13N5O. The molecule has 0 unspecified atom stereocenters. The number of nitriles is 1. The van der Waals surface area contributed by atoms with E-state index in [1.165, 1.54) is 0 Å². The number of nitrogens with zero attached hydrogens (tertiary/aromatic N) is 5. The number of hydrogen-bond donors (Lipinski definition) is 0. The van der Waals surface area contributed by atoms with E-state index in [0.29, 0.717) is 0 Å². The van der Waals surface area contributed by atoms with E-state index in [0.717, 1.165) is 0 Å². The maximum absolute atomic E-state index is 8.41. The third-order valence-corrected chi connectivity index (χ3v) is 1.32. The van der Waals surface area contributed by atoms with Gasteiger partial charge in [0.15, 0.2) is 0 Å². The number of amidine groups is 1. The van der Waals surface area contributed by atoms with Crippen molar-refractivity contribution in [2.24, 2.45) is 5.16 Å². The molecule has 0 N–H and O–H groups in total. The Bertz CT molecular complexity index is 259. The lowest BCUT2D eigenvalue weighted by atomic mass is 10.7. The van der Waals surface area contributed by atoms with Crippen molar-refractivity contribution in [3.8, 4) is 6.07 Å². The molecule has 0 radical (unpaired) electrons. The van der Waals surface area contributed by atoms with Crippen LogP contribution in [0.15, 0.2) is 5.16 Å².